The van der Waals surface area contributed by atoms with Gasteiger partial charge in [0.1, 0.15) is 22.7 Å². The zero-order valence-electron chi connectivity index (χ0n) is 14.2. The number of benzene rings is 2. The molecule has 140 valence electrons. The van der Waals surface area contributed by atoms with Crippen LogP contribution in [0.1, 0.15) is 12.0 Å². The summed E-state index contributed by atoms with van der Waals surface area (Å²) in [5, 5.41) is 0. The van der Waals surface area contributed by atoms with Gasteiger partial charge >= 0.3 is 10.1 Å². The highest BCUT2D eigenvalue weighted by Gasteiger charge is 2.25. The standard InChI is InChI=1S/C17H18O7S2/c1-13-10-14(23-9-5-8-18)12-15(11-13)24-26(21,22)17-7-4-3-6-16(17)25(2,19)20/h3-4,6-8,10-12H,5,9H2,1-2H3. The van der Waals surface area contributed by atoms with Crippen LogP contribution in [0.4, 0.5) is 0 Å². The third-order valence-electron chi connectivity index (χ3n) is 3.25. The van der Waals surface area contributed by atoms with Crippen molar-refractivity contribution in [1.82, 2.24) is 0 Å². The largest absolute Gasteiger partial charge is 0.493 e. The molecule has 0 heterocycles. The van der Waals surface area contributed by atoms with Crippen molar-refractivity contribution in [1.29, 1.82) is 0 Å². The average Bonchev–Trinajstić information content (AvgIpc) is 2.53. The van der Waals surface area contributed by atoms with Crippen molar-refractivity contribution >= 4 is 26.2 Å². The molecule has 0 aromatic heterocycles. The fourth-order valence-electron chi connectivity index (χ4n) is 2.20. The Morgan fingerprint density at radius 2 is 1.58 bits per heavy atom. The molecule has 0 unspecified atom stereocenters. The summed E-state index contributed by atoms with van der Waals surface area (Å²) in [6.07, 6.45) is 1.83. The lowest BCUT2D eigenvalue weighted by molar-refractivity contribution is -0.108. The molecular formula is C17H18O7S2. The van der Waals surface area contributed by atoms with Crippen LogP contribution in [0.5, 0.6) is 11.5 Å². The number of rotatable bonds is 8. The molecule has 0 spiro atoms. The zero-order valence-corrected chi connectivity index (χ0v) is 15.8. The molecule has 0 saturated carbocycles. The normalized spacial score (nSPS) is 11.8. The van der Waals surface area contributed by atoms with Gasteiger partial charge in [0.25, 0.3) is 0 Å². The first-order valence-corrected chi connectivity index (χ1v) is 10.8. The first-order chi connectivity index (χ1) is 12.1. The molecule has 0 radical (unpaired) electrons. The van der Waals surface area contributed by atoms with E-state index < -0.39 is 24.9 Å². The lowest BCUT2D eigenvalue weighted by atomic mass is 10.2. The van der Waals surface area contributed by atoms with E-state index in [0.717, 1.165) is 6.26 Å². The van der Waals surface area contributed by atoms with Gasteiger partial charge in [-0.15, -0.1) is 0 Å². The van der Waals surface area contributed by atoms with Crippen LogP contribution in [0.2, 0.25) is 0 Å². The van der Waals surface area contributed by atoms with Gasteiger partial charge in [-0.3, -0.25) is 0 Å². The number of aldehydes is 1. The Bertz CT molecular complexity index is 1010. The predicted molar refractivity (Wildman–Crippen MR) is 94.7 cm³/mol. The predicted octanol–water partition coefficient (Wildman–Crippen LogP) is 2.13. The van der Waals surface area contributed by atoms with E-state index in [9.17, 15) is 21.6 Å². The SMILES string of the molecule is Cc1cc(OCCC=O)cc(OS(=O)(=O)c2ccccc2S(C)(=O)=O)c1. The van der Waals surface area contributed by atoms with Crippen molar-refractivity contribution < 1.29 is 30.6 Å². The Hall–Kier alpha value is -2.39. The highest BCUT2D eigenvalue weighted by molar-refractivity contribution is 7.92. The summed E-state index contributed by atoms with van der Waals surface area (Å²) in [7, 11) is -8.13. The molecule has 0 saturated heterocycles. The van der Waals surface area contributed by atoms with Crippen molar-refractivity contribution in [3.05, 3.63) is 48.0 Å². The number of hydrogen-bond acceptors (Lipinski definition) is 7. The van der Waals surface area contributed by atoms with E-state index in [4.69, 9.17) is 8.92 Å². The monoisotopic (exact) mass is 398 g/mol. The van der Waals surface area contributed by atoms with E-state index in [0.29, 0.717) is 17.6 Å². The number of sulfone groups is 1. The van der Waals surface area contributed by atoms with Gasteiger partial charge in [-0.2, -0.15) is 8.42 Å². The molecule has 0 amide bonds. The molecule has 0 fully saturated rings. The van der Waals surface area contributed by atoms with Crippen molar-refractivity contribution in [3.8, 4) is 11.5 Å². The van der Waals surface area contributed by atoms with E-state index in [1.807, 2.05) is 0 Å². The molecule has 2 aromatic carbocycles. The average molecular weight is 398 g/mol. The van der Waals surface area contributed by atoms with Crippen LogP contribution in [-0.4, -0.2) is 36.0 Å². The first kappa shape index (κ1) is 19.9. The smallest absolute Gasteiger partial charge is 0.340 e. The second kappa shape index (κ2) is 7.88. The number of hydrogen-bond donors (Lipinski definition) is 0. The summed E-state index contributed by atoms with van der Waals surface area (Å²) >= 11 is 0. The van der Waals surface area contributed by atoms with E-state index in [1.165, 1.54) is 36.4 Å². The van der Waals surface area contributed by atoms with E-state index in [1.54, 1.807) is 13.0 Å². The minimum atomic E-state index is -4.38. The van der Waals surface area contributed by atoms with Crippen LogP contribution in [-0.2, 0) is 24.7 Å². The minimum absolute atomic E-state index is 0.0191. The fraction of sp³-hybridized carbons (Fsp3) is 0.235. The first-order valence-electron chi connectivity index (χ1n) is 7.55. The van der Waals surface area contributed by atoms with E-state index in [-0.39, 0.29) is 23.7 Å². The summed E-state index contributed by atoms with van der Waals surface area (Å²) in [6, 6.07) is 9.72. The molecule has 26 heavy (non-hydrogen) atoms. The van der Waals surface area contributed by atoms with Crippen molar-refractivity contribution in [3.63, 3.8) is 0 Å². The van der Waals surface area contributed by atoms with Crippen LogP contribution in [0.3, 0.4) is 0 Å². The van der Waals surface area contributed by atoms with Gasteiger partial charge in [-0.1, -0.05) is 12.1 Å². The summed E-state index contributed by atoms with van der Waals surface area (Å²) < 4.78 is 59.3. The van der Waals surface area contributed by atoms with Crippen molar-refractivity contribution in [2.24, 2.45) is 0 Å². The second-order valence-corrected chi connectivity index (χ2v) is 9.04. The lowest BCUT2D eigenvalue weighted by Gasteiger charge is -2.12. The summed E-state index contributed by atoms with van der Waals surface area (Å²) in [5.41, 5.74) is 0.676. The molecule has 2 rings (SSSR count). The molecule has 0 bridgehead atoms. The highest BCUT2D eigenvalue weighted by atomic mass is 32.2. The van der Waals surface area contributed by atoms with Crippen molar-refractivity contribution in [2.45, 2.75) is 23.1 Å². The zero-order chi connectivity index (χ0) is 19.4. The van der Waals surface area contributed by atoms with Gasteiger partial charge in [-0.05, 0) is 36.8 Å². The second-order valence-electron chi connectivity index (χ2n) is 5.54. The Kier molecular flexibility index (Phi) is 6.04. The van der Waals surface area contributed by atoms with E-state index in [2.05, 4.69) is 0 Å². The van der Waals surface area contributed by atoms with Crippen LogP contribution in [0.25, 0.3) is 0 Å². The summed E-state index contributed by atoms with van der Waals surface area (Å²) in [5.74, 6) is 0.322. The molecule has 0 N–H and O–H groups in total. The summed E-state index contributed by atoms with van der Waals surface area (Å²) in [4.78, 5) is 9.58. The maximum absolute atomic E-state index is 12.6. The quantitative estimate of drug-likeness (QED) is 0.381. The number of ether oxygens (including phenoxy) is 1. The maximum atomic E-state index is 12.6. The van der Waals surface area contributed by atoms with Gasteiger partial charge in [0.05, 0.1) is 11.5 Å². The number of carbonyl (C=O) groups excluding carboxylic acids is 1. The Morgan fingerprint density at radius 1 is 0.962 bits per heavy atom. The number of aryl methyl sites for hydroxylation is 1. The highest BCUT2D eigenvalue weighted by Crippen LogP contribution is 2.28. The Morgan fingerprint density at radius 3 is 2.19 bits per heavy atom. The van der Waals surface area contributed by atoms with Crippen LogP contribution >= 0.6 is 0 Å². The van der Waals surface area contributed by atoms with Crippen LogP contribution in [0, 0.1) is 6.92 Å². The van der Waals surface area contributed by atoms with Crippen LogP contribution < -0.4 is 8.92 Å². The third kappa shape index (κ3) is 5.06. The molecule has 0 aliphatic rings. The summed E-state index contributed by atoms with van der Waals surface area (Å²) in [6.45, 7) is 1.87. The van der Waals surface area contributed by atoms with Gasteiger partial charge in [-0.25, -0.2) is 8.42 Å². The topological polar surface area (TPSA) is 104 Å². The van der Waals surface area contributed by atoms with E-state index >= 15 is 0 Å². The van der Waals surface area contributed by atoms with Gasteiger partial charge in [0, 0.05) is 18.7 Å². The van der Waals surface area contributed by atoms with Gasteiger partial charge in [0.2, 0.25) is 0 Å². The van der Waals surface area contributed by atoms with Gasteiger partial charge < -0.3 is 13.7 Å². The molecule has 0 aliphatic carbocycles. The fourth-order valence-corrected chi connectivity index (χ4v) is 4.72. The minimum Gasteiger partial charge on any atom is -0.493 e. The molecular weight excluding hydrogens is 380 g/mol. The molecule has 0 atom stereocenters. The molecule has 0 aliphatic heterocycles. The van der Waals surface area contributed by atoms with Crippen molar-refractivity contribution in [2.75, 3.05) is 12.9 Å². The Labute approximate surface area is 152 Å². The Balaban J connectivity index is 2.38. The molecule has 9 heteroatoms. The molecule has 7 nitrogen and oxygen atoms in total. The van der Waals surface area contributed by atoms with Crippen LogP contribution in [0.15, 0.2) is 52.3 Å². The van der Waals surface area contributed by atoms with Gasteiger partial charge in [0.15, 0.2) is 9.84 Å². The third-order valence-corrected chi connectivity index (χ3v) is 5.84. The maximum Gasteiger partial charge on any atom is 0.340 e. The molecule has 2 aromatic rings. The lowest BCUT2D eigenvalue weighted by Crippen LogP contribution is -2.14. The number of carbonyl (C=O) groups is 1.